The number of urea groups is 1. The molecule has 0 saturated carbocycles. The van der Waals surface area contributed by atoms with Crippen molar-refractivity contribution in [3.05, 3.63) is 65.0 Å². The van der Waals surface area contributed by atoms with Gasteiger partial charge in [0.15, 0.2) is 0 Å². The van der Waals surface area contributed by atoms with Gasteiger partial charge in [0.05, 0.1) is 43.5 Å². The SMILES string of the molecule is COc1ccc(OC)c(NC(=O)Nc2c(C)nn(Cc3ccc(C)cc3)c2C)c1. The van der Waals surface area contributed by atoms with E-state index >= 15 is 0 Å². The highest BCUT2D eigenvalue weighted by Gasteiger charge is 2.16. The molecule has 0 spiro atoms. The molecule has 0 aliphatic heterocycles. The molecule has 0 aliphatic rings. The molecule has 0 aliphatic carbocycles. The minimum Gasteiger partial charge on any atom is -0.497 e. The fourth-order valence-corrected chi connectivity index (χ4v) is 3.08. The van der Waals surface area contributed by atoms with E-state index in [9.17, 15) is 4.79 Å². The maximum absolute atomic E-state index is 12.6. The number of amides is 2. The standard InChI is InChI=1S/C22H26N4O3/c1-14-6-8-17(9-7-14)13-26-16(3)21(15(2)25-26)24-22(27)23-19-12-18(28-4)10-11-20(19)29-5/h6-12H,13H2,1-5H3,(H2,23,24,27). The van der Waals surface area contributed by atoms with Crippen LogP contribution in [0.4, 0.5) is 16.2 Å². The summed E-state index contributed by atoms with van der Waals surface area (Å²) in [6, 6.07) is 13.2. The van der Waals surface area contributed by atoms with E-state index in [4.69, 9.17) is 9.47 Å². The van der Waals surface area contributed by atoms with Crippen molar-refractivity contribution >= 4 is 17.4 Å². The summed E-state index contributed by atoms with van der Waals surface area (Å²) >= 11 is 0. The molecule has 2 aromatic carbocycles. The molecule has 1 heterocycles. The topological polar surface area (TPSA) is 77.4 Å². The Balaban J connectivity index is 1.76. The number of nitrogens with zero attached hydrogens (tertiary/aromatic N) is 2. The van der Waals surface area contributed by atoms with Gasteiger partial charge in [0.1, 0.15) is 11.5 Å². The minimum atomic E-state index is -0.377. The van der Waals surface area contributed by atoms with E-state index in [0.29, 0.717) is 29.4 Å². The van der Waals surface area contributed by atoms with E-state index < -0.39 is 0 Å². The lowest BCUT2D eigenvalue weighted by Gasteiger charge is -2.13. The molecule has 0 atom stereocenters. The highest BCUT2D eigenvalue weighted by atomic mass is 16.5. The van der Waals surface area contributed by atoms with Gasteiger partial charge >= 0.3 is 6.03 Å². The van der Waals surface area contributed by atoms with Crippen molar-refractivity contribution in [1.29, 1.82) is 0 Å². The highest BCUT2D eigenvalue weighted by Crippen LogP contribution is 2.29. The Bertz CT molecular complexity index is 1010. The fraction of sp³-hybridized carbons (Fsp3) is 0.273. The monoisotopic (exact) mass is 394 g/mol. The van der Waals surface area contributed by atoms with Crippen LogP contribution in [0.15, 0.2) is 42.5 Å². The fourth-order valence-electron chi connectivity index (χ4n) is 3.08. The molecule has 0 saturated heterocycles. The number of hydrogen-bond acceptors (Lipinski definition) is 4. The molecule has 7 heteroatoms. The highest BCUT2D eigenvalue weighted by molar-refractivity contribution is 6.01. The van der Waals surface area contributed by atoms with Gasteiger partial charge in [0, 0.05) is 6.07 Å². The number of hydrogen-bond donors (Lipinski definition) is 2. The number of carbonyl (C=O) groups is 1. The molecule has 3 aromatic rings. The van der Waals surface area contributed by atoms with Gasteiger partial charge in [0.25, 0.3) is 0 Å². The quantitative estimate of drug-likeness (QED) is 0.644. The average Bonchev–Trinajstić information content (AvgIpc) is 2.97. The summed E-state index contributed by atoms with van der Waals surface area (Å²) in [5.74, 6) is 1.17. The van der Waals surface area contributed by atoms with Gasteiger partial charge in [-0.25, -0.2) is 4.79 Å². The largest absolute Gasteiger partial charge is 0.497 e. The van der Waals surface area contributed by atoms with Gasteiger partial charge in [-0.3, -0.25) is 4.68 Å². The molecule has 3 rings (SSSR count). The van der Waals surface area contributed by atoms with Crippen LogP contribution in [0.25, 0.3) is 0 Å². The smallest absolute Gasteiger partial charge is 0.323 e. The van der Waals surface area contributed by atoms with Crippen molar-refractivity contribution in [2.75, 3.05) is 24.9 Å². The van der Waals surface area contributed by atoms with Gasteiger partial charge in [-0.05, 0) is 38.5 Å². The van der Waals surface area contributed by atoms with Crippen LogP contribution in [0.5, 0.6) is 11.5 Å². The summed E-state index contributed by atoms with van der Waals surface area (Å²) in [7, 11) is 3.12. The number of benzene rings is 2. The van der Waals surface area contributed by atoms with Gasteiger partial charge < -0.3 is 20.1 Å². The third-order valence-electron chi connectivity index (χ3n) is 4.73. The van der Waals surface area contributed by atoms with Crippen LogP contribution in [-0.4, -0.2) is 30.0 Å². The molecule has 0 radical (unpaired) electrons. The van der Waals surface area contributed by atoms with Crippen LogP contribution in [-0.2, 0) is 6.54 Å². The number of carbonyl (C=O) groups excluding carboxylic acids is 1. The Labute approximate surface area is 170 Å². The maximum atomic E-state index is 12.6. The first-order valence-corrected chi connectivity index (χ1v) is 9.31. The Morgan fingerprint density at radius 3 is 2.38 bits per heavy atom. The summed E-state index contributed by atoms with van der Waals surface area (Å²) < 4.78 is 12.4. The average molecular weight is 394 g/mol. The molecular formula is C22H26N4O3. The van der Waals surface area contributed by atoms with Gasteiger partial charge in [-0.15, -0.1) is 0 Å². The van der Waals surface area contributed by atoms with Crippen molar-refractivity contribution < 1.29 is 14.3 Å². The number of ether oxygens (including phenoxy) is 2. The molecule has 29 heavy (non-hydrogen) atoms. The summed E-state index contributed by atoms with van der Waals surface area (Å²) in [5.41, 5.74) is 5.22. The van der Waals surface area contributed by atoms with Crippen LogP contribution < -0.4 is 20.1 Å². The van der Waals surface area contributed by atoms with Gasteiger partial charge in [0.2, 0.25) is 0 Å². The van der Waals surface area contributed by atoms with Crippen molar-refractivity contribution in [2.45, 2.75) is 27.3 Å². The first kappa shape index (κ1) is 20.3. The van der Waals surface area contributed by atoms with Crippen molar-refractivity contribution in [3.8, 4) is 11.5 Å². The normalized spacial score (nSPS) is 10.5. The van der Waals surface area contributed by atoms with Crippen LogP contribution in [0.1, 0.15) is 22.5 Å². The zero-order chi connectivity index (χ0) is 21.0. The van der Waals surface area contributed by atoms with Crippen LogP contribution in [0, 0.1) is 20.8 Å². The number of rotatable bonds is 6. The lowest BCUT2D eigenvalue weighted by molar-refractivity contribution is 0.262. The summed E-state index contributed by atoms with van der Waals surface area (Å²) in [4.78, 5) is 12.6. The van der Waals surface area contributed by atoms with Gasteiger partial charge in [-0.1, -0.05) is 29.8 Å². The van der Waals surface area contributed by atoms with Crippen LogP contribution >= 0.6 is 0 Å². The predicted molar refractivity (Wildman–Crippen MR) is 114 cm³/mol. The zero-order valence-electron chi connectivity index (χ0n) is 17.4. The Hall–Kier alpha value is -3.48. The molecule has 0 fully saturated rings. The molecule has 1 aromatic heterocycles. The zero-order valence-corrected chi connectivity index (χ0v) is 17.4. The second-order valence-corrected chi connectivity index (χ2v) is 6.83. The van der Waals surface area contributed by atoms with E-state index in [1.54, 1.807) is 32.4 Å². The molecule has 7 nitrogen and oxygen atoms in total. The van der Waals surface area contributed by atoms with Crippen LogP contribution in [0.3, 0.4) is 0 Å². The summed E-state index contributed by atoms with van der Waals surface area (Å²) in [6.45, 7) is 6.52. The van der Waals surface area contributed by atoms with E-state index in [0.717, 1.165) is 17.0 Å². The second kappa shape index (κ2) is 8.68. The second-order valence-electron chi connectivity index (χ2n) is 6.83. The van der Waals surface area contributed by atoms with Crippen molar-refractivity contribution in [3.63, 3.8) is 0 Å². The molecular weight excluding hydrogens is 368 g/mol. The van der Waals surface area contributed by atoms with Gasteiger partial charge in [-0.2, -0.15) is 5.10 Å². The van der Waals surface area contributed by atoms with E-state index in [1.807, 2.05) is 18.5 Å². The Morgan fingerprint density at radius 1 is 1.00 bits per heavy atom. The third kappa shape index (κ3) is 4.68. The first-order chi connectivity index (χ1) is 13.9. The molecule has 152 valence electrons. The minimum absolute atomic E-state index is 0.377. The summed E-state index contributed by atoms with van der Waals surface area (Å²) in [6.07, 6.45) is 0. The molecule has 2 N–H and O–H groups in total. The number of anilines is 2. The number of methoxy groups -OCH3 is 2. The molecule has 2 amide bonds. The molecule has 0 unspecified atom stereocenters. The van der Waals surface area contributed by atoms with E-state index in [2.05, 4.69) is 46.9 Å². The Kier molecular flexibility index (Phi) is 6.07. The summed E-state index contributed by atoms with van der Waals surface area (Å²) in [5, 5.41) is 10.3. The van der Waals surface area contributed by atoms with Crippen molar-refractivity contribution in [1.82, 2.24) is 9.78 Å². The third-order valence-corrected chi connectivity index (χ3v) is 4.73. The predicted octanol–water partition coefficient (Wildman–Crippen LogP) is 4.52. The Morgan fingerprint density at radius 2 is 1.72 bits per heavy atom. The lowest BCUT2D eigenvalue weighted by Crippen LogP contribution is -2.20. The lowest BCUT2D eigenvalue weighted by atomic mass is 10.1. The van der Waals surface area contributed by atoms with E-state index in [1.165, 1.54) is 5.56 Å². The number of aryl methyl sites for hydroxylation is 2. The first-order valence-electron chi connectivity index (χ1n) is 9.31. The number of aromatic nitrogens is 2. The molecule has 0 bridgehead atoms. The maximum Gasteiger partial charge on any atom is 0.323 e. The van der Waals surface area contributed by atoms with Crippen molar-refractivity contribution in [2.24, 2.45) is 0 Å². The number of nitrogens with one attached hydrogen (secondary N) is 2. The van der Waals surface area contributed by atoms with E-state index in [-0.39, 0.29) is 6.03 Å². The van der Waals surface area contributed by atoms with Crippen LogP contribution in [0.2, 0.25) is 0 Å².